The van der Waals surface area contributed by atoms with Crippen LogP contribution in [0.4, 0.5) is 5.69 Å². The molecule has 8 heteroatoms. The Morgan fingerprint density at radius 2 is 1.54 bits per heavy atom. The Bertz CT molecular complexity index is 1630. The lowest BCUT2D eigenvalue weighted by atomic mass is 9.68. The Labute approximate surface area is 289 Å². The molecule has 1 N–H and O–H groups in total. The monoisotopic (exact) mass is 674 g/mol. The van der Waals surface area contributed by atoms with Crippen molar-refractivity contribution in [3.8, 4) is 5.75 Å². The van der Waals surface area contributed by atoms with Crippen molar-refractivity contribution < 1.29 is 22.7 Å². The molecule has 0 amide bonds. The molecule has 260 valence electrons. The summed E-state index contributed by atoms with van der Waals surface area (Å²) in [6.45, 7) is 13.2. The van der Waals surface area contributed by atoms with E-state index < -0.39 is 27.3 Å². The molecule has 4 aliphatic rings. The molecule has 3 fully saturated rings. The molecule has 4 heterocycles. The molecule has 2 atom stereocenters. The molecule has 48 heavy (non-hydrogen) atoms. The number of fused-ring (bicyclic) bond motifs is 4. The standard InChI is InChI=1S/C40H56N3O4S/c1-5-7-18-40(19-8-6-2)30-48(45,46)37-17-16-34(41(3)4)27-36(37)38(39(40)44)33-10-9-11-35(26-33)47-29-32-14-12-31(13-15-32)28-43-23-20-42(21-24-43)22-25-43/h9-17,26-27,38-39,44H,5-8,18-25,28-30H2,1-4H3/q+1/t38-,39-/m1/s1. The lowest BCUT2D eigenvalue weighted by Gasteiger charge is -2.50. The Morgan fingerprint density at radius 1 is 0.896 bits per heavy atom. The third kappa shape index (κ3) is 7.32. The maximum atomic E-state index is 14.2. The predicted molar refractivity (Wildman–Crippen MR) is 194 cm³/mol. The van der Waals surface area contributed by atoms with Crippen molar-refractivity contribution in [3.05, 3.63) is 89.0 Å². The van der Waals surface area contributed by atoms with Crippen LogP contribution in [-0.4, -0.2) is 88.1 Å². The van der Waals surface area contributed by atoms with Crippen LogP contribution in [0.5, 0.6) is 5.75 Å². The summed E-state index contributed by atoms with van der Waals surface area (Å²) >= 11 is 0. The molecule has 0 aromatic heterocycles. The average molecular weight is 675 g/mol. The van der Waals surface area contributed by atoms with Crippen LogP contribution in [0.1, 0.15) is 80.5 Å². The number of piperazine rings is 3. The molecule has 7 nitrogen and oxygen atoms in total. The molecule has 0 radical (unpaired) electrons. The van der Waals surface area contributed by atoms with Gasteiger partial charge >= 0.3 is 0 Å². The smallest absolute Gasteiger partial charge is 0.179 e. The van der Waals surface area contributed by atoms with E-state index in [0.29, 0.717) is 29.9 Å². The molecular formula is C40H56N3O4S+. The summed E-state index contributed by atoms with van der Waals surface area (Å²) in [5.41, 5.74) is 4.25. The molecule has 7 rings (SSSR count). The quantitative estimate of drug-likeness (QED) is 0.206. The normalized spacial score (nSPS) is 25.6. The van der Waals surface area contributed by atoms with Crippen molar-refractivity contribution in [1.82, 2.24) is 4.90 Å². The van der Waals surface area contributed by atoms with Crippen LogP contribution in [0.3, 0.4) is 0 Å². The van der Waals surface area contributed by atoms with Gasteiger partial charge in [0.2, 0.25) is 0 Å². The van der Waals surface area contributed by atoms with Crippen LogP contribution >= 0.6 is 0 Å². The minimum absolute atomic E-state index is 0.0311. The highest BCUT2D eigenvalue weighted by molar-refractivity contribution is 7.91. The van der Waals surface area contributed by atoms with Gasteiger partial charge < -0.3 is 19.2 Å². The van der Waals surface area contributed by atoms with E-state index in [1.165, 1.54) is 49.3 Å². The Morgan fingerprint density at radius 3 is 2.17 bits per heavy atom. The van der Waals surface area contributed by atoms with E-state index in [4.69, 9.17) is 4.74 Å². The number of sulfone groups is 1. The largest absolute Gasteiger partial charge is 0.489 e. The van der Waals surface area contributed by atoms with Crippen LogP contribution in [0, 0.1) is 5.41 Å². The first-order valence-corrected chi connectivity index (χ1v) is 19.8. The topological polar surface area (TPSA) is 70.1 Å². The minimum atomic E-state index is -3.65. The number of benzene rings is 3. The summed E-state index contributed by atoms with van der Waals surface area (Å²) in [5, 5.41) is 12.5. The summed E-state index contributed by atoms with van der Waals surface area (Å²) < 4.78 is 36.0. The van der Waals surface area contributed by atoms with Gasteiger partial charge in [0.05, 0.1) is 36.4 Å². The van der Waals surface area contributed by atoms with Gasteiger partial charge in [-0.1, -0.05) is 75.9 Å². The number of unbranched alkanes of at least 4 members (excludes halogenated alkanes) is 2. The van der Waals surface area contributed by atoms with E-state index in [0.717, 1.165) is 54.8 Å². The van der Waals surface area contributed by atoms with Crippen molar-refractivity contribution >= 4 is 15.5 Å². The van der Waals surface area contributed by atoms with Gasteiger partial charge in [-0.2, -0.15) is 0 Å². The molecule has 0 saturated carbocycles. The van der Waals surface area contributed by atoms with Gasteiger partial charge in [0, 0.05) is 56.3 Å². The van der Waals surface area contributed by atoms with Crippen LogP contribution < -0.4 is 9.64 Å². The van der Waals surface area contributed by atoms with Crippen LogP contribution in [0.15, 0.2) is 71.6 Å². The van der Waals surface area contributed by atoms with Gasteiger partial charge in [0.15, 0.2) is 9.84 Å². The van der Waals surface area contributed by atoms with Gasteiger partial charge in [-0.25, -0.2) is 8.42 Å². The summed E-state index contributed by atoms with van der Waals surface area (Å²) in [6, 6.07) is 22.5. The zero-order valence-corrected chi connectivity index (χ0v) is 30.4. The average Bonchev–Trinajstić information content (AvgIpc) is 3.16. The molecule has 0 aliphatic carbocycles. The van der Waals surface area contributed by atoms with Crippen molar-refractivity contribution in [2.45, 2.75) is 82.4 Å². The van der Waals surface area contributed by atoms with E-state index in [-0.39, 0.29) is 5.75 Å². The van der Waals surface area contributed by atoms with Gasteiger partial charge in [0.25, 0.3) is 0 Å². The molecule has 3 saturated heterocycles. The molecule has 0 unspecified atom stereocenters. The highest BCUT2D eigenvalue weighted by atomic mass is 32.2. The number of anilines is 1. The first kappa shape index (κ1) is 34.9. The number of rotatable bonds is 13. The molecule has 2 bridgehead atoms. The first-order chi connectivity index (χ1) is 23.1. The van der Waals surface area contributed by atoms with Crippen molar-refractivity contribution in [2.75, 3.05) is 64.0 Å². The lowest BCUT2D eigenvalue weighted by molar-refractivity contribution is -0.953. The van der Waals surface area contributed by atoms with Gasteiger partial charge in [-0.05, 0) is 59.9 Å². The molecule has 3 aromatic carbocycles. The second-order valence-corrected chi connectivity index (χ2v) is 17.0. The molecule has 0 spiro atoms. The highest BCUT2D eigenvalue weighted by Gasteiger charge is 2.49. The zero-order chi connectivity index (χ0) is 33.9. The van der Waals surface area contributed by atoms with Crippen molar-refractivity contribution in [2.24, 2.45) is 5.41 Å². The van der Waals surface area contributed by atoms with Gasteiger partial charge in [0.1, 0.15) is 18.9 Å². The van der Waals surface area contributed by atoms with E-state index in [1.807, 2.05) is 55.4 Å². The number of aliphatic hydroxyl groups excluding tert-OH is 1. The minimum Gasteiger partial charge on any atom is -0.489 e. The van der Waals surface area contributed by atoms with E-state index in [2.05, 4.69) is 43.0 Å². The SMILES string of the molecule is CCCCC1(CCCC)CS(=O)(=O)c2ccc(N(C)C)cc2[C@@H](c2cccc(OCc3ccc(C[N+]45CCN(CC4)CC5)cc3)c2)[C@H]1O. The van der Waals surface area contributed by atoms with Gasteiger partial charge in [-0.3, -0.25) is 4.90 Å². The van der Waals surface area contributed by atoms with E-state index >= 15 is 0 Å². The molecular weight excluding hydrogens is 619 g/mol. The maximum Gasteiger partial charge on any atom is 0.179 e. The summed E-state index contributed by atoms with van der Waals surface area (Å²) in [7, 11) is 0.274. The van der Waals surface area contributed by atoms with Crippen LogP contribution in [0.25, 0.3) is 0 Å². The summed E-state index contributed by atoms with van der Waals surface area (Å²) in [4.78, 5) is 4.92. The Balaban J connectivity index is 1.28. The third-order valence-electron chi connectivity index (χ3n) is 11.5. The highest BCUT2D eigenvalue weighted by Crippen LogP contribution is 2.50. The van der Waals surface area contributed by atoms with Crippen LogP contribution in [-0.2, 0) is 23.0 Å². The fraction of sp³-hybridized carbons (Fsp3) is 0.550. The van der Waals surface area contributed by atoms with E-state index in [9.17, 15) is 13.5 Å². The second kappa shape index (κ2) is 14.5. The number of hydrogen-bond acceptors (Lipinski definition) is 6. The summed E-state index contributed by atoms with van der Waals surface area (Å²) in [6.07, 6.45) is 4.16. The van der Waals surface area contributed by atoms with Crippen molar-refractivity contribution in [1.29, 1.82) is 0 Å². The molecule has 3 aromatic rings. The summed E-state index contributed by atoms with van der Waals surface area (Å²) in [5.74, 6) is 0.188. The number of hydrogen-bond donors (Lipinski definition) is 1. The number of aliphatic hydroxyl groups is 1. The van der Waals surface area contributed by atoms with Gasteiger partial charge in [-0.15, -0.1) is 0 Å². The fourth-order valence-corrected chi connectivity index (χ4v) is 10.6. The van der Waals surface area contributed by atoms with E-state index in [1.54, 1.807) is 6.07 Å². The Kier molecular flexibility index (Phi) is 10.6. The third-order valence-corrected chi connectivity index (χ3v) is 13.5. The Hall–Kier alpha value is -2.91. The number of quaternary nitrogens is 1. The zero-order valence-electron chi connectivity index (χ0n) is 29.5. The lowest BCUT2D eigenvalue weighted by Crippen LogP contribution is -2.66. The maximum absolute atomic E-state index is 14.2. The number of ether oxygens (including phenoxy) is 1. The van der Waals surface area contributed by atoms with Crippen LogP contribution in [0.2, 0.25) is 0 Å². The first-order valence-electron chi connectivity index (χ1n) is 18.2. The number of nitrogens with zero attached hydrogens (tertiary/aromatic N) is 3. The molecule has 4 aliphatic heterocycles. The predicted octanol–water partition coefficient (Wildman–Crippen LogP) is 6.62. The van der Waals surface area contributed by atoms with Crippen molar-refractivity contribution in [3.63, 3.8) is 0 Å². The fourth-order valence-electron chi connectivity index (χ4n) is 8.45. The second-order valence-electron chi connectivity index (χ2n) is 15.1.